The number of pyridine rings is 1. The summed E-state index contributed by atoms with van der Waals surface area (Å²) in [6, 6.07) is 9.98. The summed E-state index contributed by atoms with van der Waals surface area (Å²) in [7, 11) is 1.61. The van der Waals surface area contributed by atoms with E-state index >= 15 is 0 Å². The predicted molar refractivity (Wildman–Crippen MR) is 91.3 cm³/mol. The van der Waals surface area contributed by atoms with E-state index in [1.165, 1.54) is 6.07 Å². The van der Waals surface area contributed by atoms with Crippen LogP contribution in [-0.2, 0) is 4.74 Å². The SMILES string of the molecule is CNc1nc(-c2cccc(C(=O)OC(C)(C)C)c2)ccc1C(=O)O. The molecule has 0 aliphatic rings. The van der Waals surface area contributed by atoms with E-state index in [0.717, 1.165) is 0 Å². The molecule has 0 saturated carbocycles. The Hall–Kier alpha value is -2.89. The van der Waals surface area contributed by atoms with Crippen molar-refractivity contribution in [2.45, 2.75) is 26.4 Å². The van der Waals surface area contributed by atoms with Crippen LogP contribution in [0, 0.1) is 0 Å². The van der Waals surface area contributed by atoms with Crippen LogP contribution in [0.2, 0.25) is 0 Å². The number of aromatic carboxylic acids is 1. The number of carbonyl (C=O) groups excluding carboxylic acids is 1. The fourth-order valence-electron chi connectivity index (χ4n) is 2.13. The molecule has 24 heavy (non-hydrogen) atoms. The van der Waals surface area contributed by atoms with E-state index in [1.54, 1.807) is 58.2 Å². The lowest BCUT2D eigenvalue weighted by Crippen LogP contribution is -2.23. The molecule has 6 heteroatoms. The third kappa shape index (κ3) is 4.10. The lowest BCUT2D eigenvalue weighted by molar-refractivity contribution is 0.00694. The van der Waals surface area contributed by atoms with Gasteiger partial charge in [0, 0.05) is 12.6 Å². The third-order valence-corrected chi connectivity index (χ3v) is 3.16. The molecule has 1 aromatic heterocycles. The average molecular weight is 328 g/mol. The van der Waals surface area contributed by atoms with Crippen LogP contribution in [0.3, 0.4) is 0 Å². The van der Waals surface area contributed by atoms with E-state index < -0.39 is 17.5 Å². The van der Waals surface area contributed by atoms with Gasteiger partial charge in [0.05, 0.1) is 11.3 Å². The van der Waals surface area contributed by atoms with Gasteiger partial charge in [0.1, 0.15) is 17.0 Å². The Labute approximate surface area is 140 Å². The molecular formula is C18H20N2O4. The minimum Gasteiger partial charge on any atom is -0.478 e. The number of carboxylic acid groups (broad SMARTS) is 1. The zero-order chi connectivity index (χ0) is 17.9. The summed E-state index contributed by atoms with van der Waals surface area (Å²) in [6.07, 6.45) is 0. The summed E-state index contributed by atoms with van der Waals surface area (Å²) in [4.78, 5) is 27.7. The number of ether oxygens (including phenoxy) is 1. The second-order valence-electron chi connectivity index (χ2n) is 6.23. The summed E-state index contributed by atoms with van der Waals surface area (Å²) in [5, 5.41) is 11.9. The van der Waals surface area contributed by atoms with Crippen molar-refractivity contribution < 1.29 is 19.4 Å². The second kappa shape index (κ2) is 6.70. The van der Waals surface area contributed by atoms with Crippen LogP contribution in [0.4, 0.5) is 5.82 Å². The maximum Gasteiger partial charge on any atom is 0.339 e. The second-order valence-corrected chi connectivity index (χ2v) is 6.23. The van der Waals surface area contributed by atoms with Gasteiger partial charge >= 0.3 is 11.9 Å². The van der Waals surface area contributed by atoms with Gasteiger partial charge in [-0.1, -0.05) is 12.1 Å². The summed E-state index contributed by atoms with van der Waals surface area (Å²) in [5.41, 5.74) is 1.19. The Morgan fingerprint density at radius 3 is 2.46 bits per heavy atom. The highest BCUT2D eigenvalue weighted by Crippen LogP contribution is 2.23. The monoisotopic (exact) mass is 328 g/mol. The zero-order valence-corrected chi connectivity index (χ0v) is 14.1. The summed E-state index contributed by atoms with van der Waals surface area (Å²) in [5.74, 6) is -1.20. The van der Waals surface area contributed by atoms with Crippen molar-refractivity contribution in [3.63, 3.8) is 0 Å². The zero-order valence-electron chi connectivity index (χ0n) is 14.1. The number of esters is 1. The van der Waals surface area contributed by atoms with Crippen molar-refractivity contribution in [2.75, 3.05) is 12.4 Å². The summed E-state index contributed by atoms with van der Waals surface area (Å²) < 4.78 is 5.36. The Morgan fingerprint density at radius 2 is 1.88 bits per heavy atom. The van der Waals surface area contributed by atoms with E-state index in [4.69, 9.17) is 9.84 Å². The normalized spacial score (nSPS) is 11.0. The van der Waals surface area contributed by atoms with Gasteiger partial charge in [-0.25, -0.2) is 14.6 Å². The highest BCUT2D eigenvalue weighted by atomic mass is 16.6. The first-order valence-electron chi connectivity index (χ1n) is 7.47. The van der Waals surface area contributed by atoms with Crippen LogP contribution < -0.4 is 5.32 Å². The molecule has 0 radical (unpaired) electrons. The number of anilines is 1. The van der Waals surface area contributed by atoms with E-state index in [0.29, 0.717) is 16.8 Å². The Balaban J connectivity index is 2.38. The fraction of sp³-hybridized carbons (Fsp3) is 0.278. The molecule has 0 aliphatic heterocycles. The Kier molecular flexibility index (Phi) is 4.87. The lowest BCUT2D eigenvalue weighted by Gasteiger charge is -2.19. The van der Waals surface area contributed by atoms with Gasteiger partial charge in [-0.2, -0.15) is 0 Å². The number of hydrogen-bond donors (Lipinski definition) is 2. The maximum absolute atomic E-state index is 12.2. The Bertz CT molecular complexity index is 779. The molecule has 2 aromatic rings. The van der Waals surface area contributed by atoms with Crippen molar-refractivity contribution in [3.05, 3.63) is 47.5 Å². The van der Waals surface area contributed by atoms with Crippen molar-refractivity contribution in [1.29, 1.82) is 0 Å². The number of hydrogen-bond acceptors (Lipinski definition) is 5. The number of rotatable bonds is 4. The van der Waals surface area contributed by atoms with Gasteiger partial charge in [-0.05, 0) is 45.0 Å². The standard InChI is InChI=1S/C18H20N2O4/c1-18(2,3)24-17(23)12-7-5-6-11(10-12)14-9-8-13(16(21)22)15(19-4)20-14/h5-10H,1-4H3,(H,19,20)(H,21,22). The highest BCUT2D eigenvalue weighted by molar-refractivity contribution is 5.94. The third-order valence-electron chi connectivity index (χ3n) is 3.16. The van der Waals surface area contributed by atoms with E-state index in [1.807, 2.05) is 0 Å². The van der Waals surface area contributed by atoms with Crippen molar-refractivity contribution in [1.82, 2.24) is 4.98 Å². The molecule has 0 fully saturated rings. The summed E-state index contributed by atoms with van der Waals surface area (Å²) >= 11 is 0. The molecule has 0 aliphatic carbocycles. The largest absolute Gasteiger partial charge is 0.478 e. The molecule has 126 valence electrons. The van der Waals surface area contributed by atoms with Crippen LogP contribution in [0.15, 0.2) is 36.4 Å². The van der Waals surface area contributed by atoms with Gasteiger partial charge in [0.15, 0.2) is 0 Å². The summed E-state index contributed by atoms with van der Waals surface area (Å²) in [6.45, 7) is 5.42. The molecule has 6 nitrogen and oxygen atoms in total. The average Bonchev–Trinajstić information content (AvgIpc) is 2.52. The van der Waals surface area contributed by atoms with Crippen molar-refractivity contribution >= 4 is 17.8 Å². The molecule has 0 unspecified atom stereocenters. The predicted octanol–water partition coefficient (Wildman–Crippen LogP) is 3.44. The molecule has 2 rings (SSSR count). The molecule has 0 spiro atoms. The van der Waals surface area contributed by atoms with Gasteiger partial charge in [-0.3, -0.25) is 0 Å². The maximum atomic E-state index is 12.2. The van der Waals surface area contributed by atoms with Gasteiger partial charge in [0.2, 0.25) is 0 Å². The van der Waals surface area contributed by atoms with Crippen LogP contribution in [0.5, 0.6) is 0 Å². The van der Waals surface area contributed by atoms with Gasteiger partial charge in [-0.15, -0.1) is 0 Å². The first kappa shape index (κ1) is 17.5. The quantitative estimate of drug-likeness (QED) is 0.836. The molecule has 0 saturated heterocycles. The molecule has 2 N–H and O–H groups in total. The molecule has 0 bridgehead atoms. The van der Waals surface area contributed by atoms with Crippen LogP contribution >= 0.6 is 0 Å². The van der Waals surface area contributed by atoms with Gasteiger partial charge < -0.3 is 15.2 Å². The minimum atomic E-state index is -1.05. The van der Waals surface area contributed by atoms with Crippen LogP contribution in [-0.4, -0.2) is 34.7 Å². The number of carboxylic acids is 1. The molecular weight excluding hydrogens is 308 g/mol. The van der Waals surface area contributed by atoms with E-state index in [-0.39, 0.29) is 11.4 Å². The van der Waals surface area contributed by atoms with Gasteiger partial charge in [0.25, 0.3) is 0 Å². The van der Waals surface area contributed by atoms with Crippen molar-refractivity contribution in [3.8, 4) is 11.3 Å². The number of aromatic nitrogens is 1. The highest BCUT2D eigenvalue weighted by Gasteiger charge is 2.18. The smallest absolute Gasteiger partial charge is 0.339 e. The van der Waals surface area contributed by atoms with Crippen LogP contribution in [0.25, 0.3) is 11.3 Å². The number of nitrogens with one attached hydrogen (secondary N) is 1. The number of benzene rings is 1. The molecule has 1 aromatic carbocycles. The number of nitrogens with zero attached hydrogens (tertiary/aromatic N) is 1. The first-order chi connectivity index (χ1) is 11.2. The van der Waals surface area contributed by atoms with Crippen molar-refractivity contribution in [2.24, 2.45) is 0 Å². The van der Waals surface area contributed by atoms with E-state index in [2.05, 4.69) is 10.3 Å². The topological polar surface area (TPSA) is 88.5 Å². The molecule has 0 atom stereocenters. The lowest BCUT2D eigenvalue weighted by atomic mass is 10.1. The first-order valence-corrected chi connectivity index (χ1v) is 7.47. The molecule has 1 heterocycles. The van der Waals surface area contributed by atoms with Crippen LogP contribution in [0.1, 0.15) is 41.5 Å². The molecule has 0 amide bonds. The minimum absolute atomic E-state index is 0.0875. The number of carbonyl (C=O) groups is 2. The Morgan fingerprint density at radius 1 is 1.17 bits per heavy atom. The fourth-order valence-corrected chi connectivity index (χ4v) is 2.13. The van der Waals surface area contributed by atoms with E-state index in [9.17, 15) is 9.59 Å².